The molecule has 6 heteroatoms. The van der Waals surface area contributed by atoms with Crippen molar-refractivity contribution >= 4 is 23.0 Å². The second-order valence-corrected chi connectivity index (χ2v) is 8.06. The van der Waals surface area contributed by atoms with E-state index in [1.54, 1.807) is 16.7 Å². The number of carbonyl (C=O) groups is 2. The molecule has 3 rings (SSSR count). The summed E-state index contributed by atoms with van der Waals surface area (Å²) in [6, 6.07) is 11.5. The zero-order chi connectivity index (χ0) is 21.2. The van der Waals surface area contributed by atoms with Crippen LogP contribution in [0.1, 0.15) is 66.9 Å². The highest BCUT2D eigenvalue weighted by Gasteiger charge is 2.24. The predicted molar refractivity (Wildman–Crippen MR) is 116 cm³/mol. The quantitative estimate of drug-likeness (QED) is 0.682. The number of rotatable bonds is 5. The van der Waals surface area contributed by atoms with E-state index in [2.05, 4.69) is 29.5 Å². The third-order valence-corrected chi connectivity index (χ3v) is 4.69. The zero-order valence-electron chi connectivity index (χ0n) is 17.7. The molecular weight excluding hydrogens is 364 g/mol. The molecule has 2 heterocycles. The van der Waals surface area contributed by atoms with E-state index in [1.165, 1.54) is 0 Å². The summed E-state index contributed by atoms with van der Waals surface area (Å²) in [6.07, 6.45) is 3.37. The van der Waals surface area contributed by atoms with Gasteiger partial charge in [0.05, 0.1) is 5.52 Å². The number of para-hydroxylation sites is 1. The summed E-state index contributed by atoms with van der Waals surface area (Å²) in [5, 5.41) is 5.96. The van der Waals surface area contributed by atoms with Crippen LogP contribution >= 0.6 is 0 Å². The Kier molecular flexibility index (Phi) is 5.73. The van der Waals surface area contributed by atoms with Gasteiger partial charge in [-0.15, -0.1) is 0 Å². The molecule has 152 valence electrons. The average molecular weight is 393 g/mol. The molecule has 29 heavy (non-hydrogen) atoms. The molecule has 2 amide bonds. The molecule has 0 bridgehead atoms. The first-order valence-electron chi connectivity index (χ1n) is 9.96. The van der Waals surface area contributed by atoms with Gasteiger partial charge >= 0.3 is 0 Å². The van der Waals surface area contributed by atoms with Gasteiger partial charge in [-0.3, -0.25) is 14.0 Å². The summed E-state index contributed by atoms with van der Waals surface area (Å²) in [4.78, 5) is 30.3. The number of aromatic nitrogens is 2. The van der Waals surface area contributed by atoms with E-state index < -0.39 is 5.54 Å². The van der Waals surface area contributed by atoms with Gasteiger partial charge in [-0.1, -0.05) is 38.1 Å². The highest BCUT2D eigenvalue weighted by atomic mass is 16.2. The van der Waals surface area contributed by atoms with E-state index in [0.29, 0.717) is 5.52 Å². The number of nitrogens with one attached hydrogen (secondary N) is 2. The topological polar surface area (TPSA) is 75.5 Å². The van der Waals surface area contributed by atoms with Crippen molar-refractivity contribution in [3.05, 3.63) is 65.2 Å². The van der Waals surface area contributed by atoms with Gasteiger partial charge in [0.15, 0.2) is 5.69 Å². The third-order valence-electron chi connectivity index (χ3n) is 4.69. The molecule has 2 N–H and O–H groups in total. The first-order valence-corrected chi connectivity index (χ1v) is 9.96. The lowest BCUT2D eigenvalue weighted by Crippen LogP contribution is -2.40. The van der Waals surface area contributed by atoms with Crippen LogP contribution in [0.3, 0.4) is 0 Å². The SMILES string of the molecule is CCc1cccc(CC)c1NC(=O)c1nc(C(=O)NC(C)(C)C)c2ccccn12. The van der Waals surface area contributed by atoms with Crippen molar-refractivity contribution in [1.82, 2.24) is 14.7 Å². The Hall–Kier alpha value is -3.15. The number of hydrogen-bond acceptors (Lipinski definition) is 3. The summed E-state index contributed by atoms with van der Waals surface area (Å²) in [6.45, 7) is 9.84. The fourth-order valence-electron chi connectivity index (χ4n) is 3.34. The number of imidazole rings is 1. The fourth-order valence-corrected chi connectivity index (χ4v) is 3.34. The standard InChI is InChI=1S/C23H28N4O2/c1-6-15-11-10-12-16(7-2)18(15)25-22(29)20-24-19(21(28)26-23(3,4)5)17-13-8-9-14-27(17)20/h8-14H,6-7H2,1-5H3,(H,25,29)(H,26,28). The molecular formula is C23H28N4O2. The van der Waals surface area contributed by atoms with Crippen LogP contribution in [0, 0.1) is 0 Å². The summed E-state index contributed by atoms with van der Waals surface area (Å²) < 4.78 is 1.66. The fraction of sp³-hybridized carbons (Fsp3) is 0.348. The number of hydrogen-bond donors (Lipinski definition) is 2. The normalized spacial score (nSPS) is 11.5. The summed E-state index contributed by atoms with van der Waals surface area (Å²) in [5.74, 6) is -0.451. The van der Waals surface area contributed by atoms with Crippen LogP contribution in [0.25, 0.3) is 5.52 Å². The minimum Gasteiger partial charge on any atom is -0.346 e. The summed E-state index contributed by atoms with van der Waals surface area (Å²) in [5.41, 5.74) is 3.41. The molecule has 1 aromatic carbocycles. The number of benzene rings is 1. The van der Waals surface area contributed by atoms with Crippen LogP contribution in [0.5, 0.6) is 0 Å². The lowest BCUT2D eigenvalue weighted by molar-refractivity contribution is 0.0916. The second-order valence-electron chi connectivity index (χ2n) is 8.06. The van der Waals surface area contributed by atoms with Crippen molar-refractivity contribution in [3.63, 3.8) is 0 Å². The molecule has 0 spiro atoms. The minimum absolute atomic E-state index is 0.188. The van der Waals surface area contributed by atoms with Crippen LogP contribution in [0.2, 0.25) is 0 Å². The number of nitrogens with zero attached hydrogens (tertiary/aromatic N) is 2. The van der Waals surface area contributed by atoms with E-state index in [-0.39, 0.29) is 23.3 Å². The lowest BCUT2D eigenvalue weighted by Gasteiger charge is -2.19. The number of carbonyl (C=O) groups excluding carboxylic acids is 2. The first-order chi connectivity index (χ1) is 13.7. The Morgan fingerprint density at radius 2 is 1.62 bits per heavy atom. The number of amides is 2. The Labute approximate surface area is 171 Å². The number of aryl methyl sites for hydroxylation is 2. The largest absolute Gasteiger partial charge is 0.346 e. The minimum atomic E-state index is -0.402. The molecule has 0 radical (unpaired) electrons. The lowest BCUT2D eigenvalue weighted by atomic mass is 10.0. The monoisotopic (exact) mass is 392 g/mol. The molecule has 6 nitrogen and oxygen atoms in total. The Morgan fingerprint density at radius 1 is 0.966 bits per heavy atom. The maximum atomic E-state index is 13.2. The van der Waals surface area contributed by atoms with Crippen molar-refractivity contribution in [2.45, 2.75) is 53.0 Å². The Balaban J connectivity index is 2.03. The van der Waals surface area contributed by atoms with Gasteiger partial charge in [0, 0.05) is 17.4 Å². The molecule has 0 fully saturated rings. The number of anilines is 1. The Morgan fingerprint density at radius 3 is 2.21 bits per heavy atom. The van der Waals surface area contributed by atoms with Gasteiger partial charge < -0.3 is 10.6 Å². The van der Waals surface area contributed by atoms with Crippen LogP contribution in [0.15, 0.2) is 42.6 Å². The van der Waals surface area contributed by atoms with Crippen LogP contribution in [-0.2, 0) is 12.8 Å². The predicted octanol–water partition coefficient (Wildman–Crippen LogP) is 4.24. The third kappa shape index (κ3) is 4.31. The molecule has 0 aliphatic heterocycles. The van der Waals surface area contributed by atoms with Gasteiger partial charge in [-0.05, 0) is 56.9 Å². The number of fused-ring (bicyclic) bond motifs is 1. The summed E-state index contributed by atoms with van der Waals surface area (Å²) >= 11 is 0. The van der Waals surface area contributed by atoms with Gasteiger partial charge in [0.25, 0.3) is 11.8 Å². The van der Waals surface area contributed by atoms with Crippen LogP contribution in [-0.4, -0.2) is 26.7 Å². The smallest absolute Gasteiger partial charge is 0.292 e. The molecule has 0 aliphatic carbocycles. The van der Waals surface area contributed by atoms with E-state index in [0.717, 1.165) is 29.7 Å². The van der Waals surface area contributed by atoms with Gasteiger partial charge in [0.2, 0.25) is 5.82 Å². The maximum absolute atomic E-state index is 13.2. The van der Waals surface area contributed by atoms with E-state index >= 15 is 0 Å². The maximum Gasteiger partial charge on any atom is 0.292 e. The van der Waals surface area contributed by atoms with Crippen LogP contribution in [0.4, 0.5) is 5.69 Å². The van der Waals surface area contributed by atoms with Crippen molar-refractivity contribution in [2.24, 2.45) is 0 Å². The van der Waals surface area contributed by atoms with Crippen molar-refractivity contribution in [3.8, 4) is 0 Å². The first kappa shape index (κ1) is 20.6. The molecule has 0 atom stereocenters. The van der Waals surface area contributed by atoms with E-state index in [9.17, 15) is 9.59 Å². The summed E-state index contributed by atoms with van der Waals surface area (Å²) in [7, 11) is 0. The molecule has 0 aliphatic rings. The highest BCUT2D eigenvalue weighted by Crippen LogP contribution is 2.24. The average Bonchev–Trinajstić information content (AvgIpc) is 3.07. The van der Waals surface area contributed by atoms with Crippen molar-refractivity contribution < 1.29 is 9.59 Å². The number of pyridine rings is 1. The van der Waals surface area contributed by atoms with E-state index in [1.807, 2.05) is 51.1 Å². The molecule has 0 saturated heterocycles. The van der Waals surface area contributed by atoms with Gasteiger partial charge in [-0.25, -0.2) is 4.98 Å². The van der Waals surface area contributed by atoms with Crippen molar-refractivity contribution in [2.75, 3.05) is 5.32 Å². The van der Waals surface area contributed by atoms with E-state index in [4.69, 9.17) is 0 Å². The molecule has 2 aromatic heterocycles. The molecule has 3 aromatic rings. The zero-order valence-corrected chi connectivity index (χ0v) is 17.7. The van der Waals surface area contributed by atoms with Gasteiger partial charge in [-0.2, -0.15) is 0 Å². The van der Waals surface area contributed by atoms with Crippen LogP contribution < -0.4 is 10.6 Å². The molecule has 0 saturated carbocycles. The molecule has 0 unspecified atom stereocenters. The second kappa shape index (κ2) is 8.07. The Bertz CT molecular complexity index is 1040. The van der Waals surface area contributed by atoms with Gasteiger partial charge in [0.1, 0.15) is 0 Å². The highest BCUT2D eigenvalue weighted by molar-refractivity contribution is 6.06. The van der Waals surface area contributed by atoms with Crippen molar-refractivity contribution in [1.29, 1.82) is 0 Å².